The van der Waals surface area contributed by atoms with Crippen LogP contribution in [-0.4, -0.2) is 28.7 Å². The lowest BCUT2D eigenvalue weighted by atomic mass is 9.83. The van der Waals surface area contributed by atoms with Crippen molar-refractivity contribution in [3.05, 3.63) is 10.4 Å². The summed E-state index contributed by atoms with van der Waals surface area (Å²) in [5, 5.41) is 21.5. The molecule has 0 heterocycles. The van der Waals surface area contributed by atoms with Crippen LogP contribution in [0, 0.1) is 17.8 Å². The lowest BCUT2D eigenvalue weighted by molar-refractivity contribution is -0.154. The Bertz CT molecular complexity index is 337. The second-order valence-corrected chi connectivity index (χ2v) is 4.62. The van der Waals surface area contributed by atoms with E-state index in [1.165, 1.54) is 0 Å². The van der Waals surface area contributed by atoms with Gasteiger partial charge in [0.15, 0.2) is 0 Å². The van der Waals surface area contributed by atoms with Crippen LogP contribution in [0.5, 0.6) is 0 Å². The molecule has 0 aromatic heterocycles. The zero-order chi connectivity index (χ0) is 14.1. The van der Waals surface area contributed by atoms with Gasteiger partial charge in [0, 0.05) is 11.5 Å². The van der Waals surface area contributed by atoms with Gasteiger partial charge in [-0.15, -0.1) is 0 Å². The van der Waals surface area contributed by atoms with Crippen molar-refractivity contribution >= 4 is 11.9 Å². The van der Waals surface area contributed by atoms with E-state index >= 15 is 0 Å². The average molecular weight is 257 g/mol. The Labute approximate surface area is 105 Å². The largest absolute Gasteiger partial charge is 0.481 e. The summed E-state index contributed by atoms with van der Waals surface area (Å²) in [5.74, 6) is -3.90. The van der Waals surface area contributed by atoms with Gasteiger partial charge >= 0.3 is 11.9 Å². The van der Waals surface area contributed by atoms with Gasteiger partial charge in [0.25, 0.3) is 0 Å². The highest BCUT2D eigenvalue weighted by molar-refractivity contribution is 5.79. The molecular formula is C11H19N3O4. The standard InChI is InChI=1S/C11H19N3O4/c1-7(2)6-9(11(17)18)8(10(15)16)4-3-5-13-14-12/h7-9H,3-6H2,1-2H3,(H,15,16)(H,17,18)/t8-,9+/m0/s1. The molecule has 0 spiro atoms. The molecule has 0 saturated heterocycles. The van der Waals surface area contributed by atoms with E-state index < -0.39 is 23.8 Å². The number of carboxylic acid groups (broad SMARTS) is 2. The Balaban J connectivity index is 4.65. The topological polar surface area (TPSA) is 123 Å². The van der Waals surface area contributed by atoms with Crippen LogP contribution >= 0.6 is 0 Å². The van der Waals surface area contributed by atoms with Crippen molar-refractivity contribution in [3.63, 3.8) is 0 Å². The second kappa shape index (κ2) is 8.36. The Morgan fingerprint density at radius 2 is 1.78 bits per heavy atom. The van der Waals surface area contributed by atoms with Crippen molar-refractivity contribution in [2.24, 2.45) is 22.9 Å². The number of azide groups is 1. The molecule has 2 N–H and O–H groups in total. The van der Waals surface area contributed by atoms with E-state index in [-0.39, 0.29) is 18.9 Å². The predicted octanol–water partition coefficient (Wildman–Crippen LogP) is 2.52. The summed E-state index contributed by atoms with van der Waals surface area (Å²) in [6, 6.07) is 0. The first kappa shape index (κ1) is 16.2. The van der Waals surface area contributed by atoms with Crippen molar-refractivity contribution < 1.29 is 19.8 Å². The van der Waals surface area contributed by atoms with Gasteiger partial charge in [-0.05, 0) is 30.7 Å². The van der Waals surface area contributed by atoms with Crippen LogP contribution < -0.4 is 0 Å². The monoisotopic (exact) mass is 257 g/mol. The van der Waals surface area contributed by atoms with Crippen LogP contribution in [0.4, 0.5) is 0 Å². The van der Waals surface area contributed by atoms with E-state index in [1.54, 1.807) is 0 Å². The molecule has 0 aromatic carbocycles. The first-order chi connectivity index (χ1) is 8.40. The van der Waals surface area contributed by atoms with Gasteiger partial charge in [-0.25, -0.2) is 0 Å². The molecule has 0 aromatic rings. The third kappa shape index (κ3) is 6.10. The van der Waals surface area contributed by atoms with Gasteiger partial charge < -0.3 is 10.2 Å². The molecule has 0 bridgehead atoms. The van der Waals surface area contributed by atoms with E-state index in [0.29, 0.717) is 12.8 Å². The highest BCUT2D eigenvalue weighted by atomic mass is 16.4. The molecule has 0 aliphatic heterocycles. The van der Waals surface area contributed by atoms with Crippen molar-refractivity contribution in [3.8, 4) is 0 Å². The molecule has 0 unspecified atom stereocenters. The Hall–Kier alpha value is -1.75. The van der Waals surface area contributed by atoms with E-state index in [1.807, 2.05) is 13.8 Å². The Morgan fingerprint density at radius 3 is 2.17 bits per heavy atom. The first-order valence-corrected chi connectivity index (χ1v) is 5.86. The number of aliphatic carboxylic acids is 2. The number of hydrogen-bond acceptors (Lipinski definition) is 3. The number of hydrogen-bond donors (Lipinski definition) is 2. The van der Waals surface area contributed by atoms with Crippen LogP contribution in [0.15, 0.2) is 5.11 Å². The van der Waals surface area contributed by atoms with Crippen molar-refractivity contribution in [1.29, 1.82) is 0 Å². The Kier molecular flexibility index (Phi) is 7.54. The lowest BCUT2D eigenvalue weighted by Crippen LogP contribution is -2.31. The summed E-state index contributed by atoms with van der Waals surface area (Å²) in [7, 11) is 0. The minimum absolute atomic E-state index is 0.116. The van der Waals surface area contributed by atoms with Crippen LogP contribution in [-0.2, 0) is 9.59 Å². The molecule has 0 fully saturated rings. The number of rotatable bonds is 9. The highest BCUT2D eigenvalue weighted by Gasteiger charge is 2.33. The van der Waals surface area contributed by atoms with Crippen molar-refractivity contribution in [2.45, 2.75) is 33.1 Å². The molecule has 0 amide bonds. The van der Waals surface area contributed by atoms with E-state index in [0.717, 1.165) is 0 Å². The van der Waals surface area contributed by atoms with Gasteiger partial charge in [0.2, 0.25) is 0 Å². The van der Waals surface area contributed by atoms with E-state index in [2.05, 4.69) is 10.0 Å². The normalized spacial score (nSPS) is 13.7. The molecule has 0 aliphatic rings. The first-order valence-electron chi connectivity index (χ1n) is 5.86. The van der Waals surface area contributed by atoms with Gasteiger partial charge in [-0.3, -0.25) is 9.59 Å². The van der Waals surface area contributed by atoms with Gasteiger partial charge in [0.1, 0.15) is 0 Å². The van der Waals surface area contributed by atoms with Gasteiger partial charge in [-0.1, -0.05) is 19.0 Å². The minimum atomic E-state index is -1.11. The molecule has 7 heteroatoms. The SMILES string of the molecule is CC(C)C[C@@H](C(=O)O)[C@H](CCCN=[N+]=[N-])C(=O)O. The fraction of sp³-hybridized carbons (Fsp3) is 0.818. The maximum Gasteiger partial charge on any atom is 0.307 e. The highest BCUT2D eigenvalue weighted by Crippen LogP contribution is 2.25. The maximum absolute atomic E-state index is 11.1. The number of nitrogens with zero attached hydrogens (tertiary/aromatic N) is 3. The summed E-state index contributed by atoms with van der Waals surface area (Å²) in [6.45, 7) is 3.90. The molecule has 102 valence electrons. The lowest BCUT2D eigenvalue weighted by Gasteiger charge is -2.21. The van der Waals surface area contributed by atoms with Crippen LogP contribution in [0.3, 0.4) is 0 Å². The summed E-state index contributed by atoms with van der Waals surface area (Å²) < 4.78 is 0. The molecule has 2 atom stereocenters. The van der Waals surface area contributed by atoms with Crippen LogP contribution in [0.2, 0.25) is 0 Å². The zero-order valence-electron chi connectivity index (χ0n) is 10.6. The molecule has 0 saturated carbocycles. The third-order valence-electron chi connectivity index (χ3n) is 2.68. The molecule has 0 aliphatic carbocycles. The second-order valence-electron chi connectivity index (χ2n) is 4.62. The quantitative estimate of drug-likeness (QED) is 0.285. The smallest absolute Gasteiger partial charge is 0.307 e. The summed E-state index contributed by atoms with van der Waals surface area (Å²) >= 11 is 0. The van der Waals surface area contributed by atoms with Gasteiger partial charge in [-0.2, -0.15) is 0 Å². The minimum Gasteiger partial charge on any atom is -0.481 e. The van der Waals surface area contributed by atoms with Gasteiger partial charge in [0.05, 0.1) is 11.8 Å². The third-order valence-corrected chi connectivity index (χ3v) is 2.68. The van der Waals surface area contributed by atoms with Crippen LogP contribution in [0.25, 0.3) is 10.4 Å². The number of carboxylic acids is 2. The molecular weight excluding hydrogens is 238 g/mol. The molecule has 7 nitrogen and oxygen atoms in total. The molecule has 0 radical (unpaired) electrons. The fourth-order valence-corrected chi connectivity index (χ4v) is 1.87. The zero-order valence-corrected chi connectivity index (χ0v) is 10.6. The Morgan fingerprint density at radius 1 is 1.22 bits per heavy atom. The molecule has 0 rings (SSSR count). The van der Waals surface area contributed by atoms with Crippen molar-refractivity contribution in [1.82, 2.24) is 0 Å². The number of carbonyl (C=O) groups is 2. The van der Waals surface area contributed by atoms with E-state index in [4.69, 9.17) is 15.7 Å². The maximum atomic E-state index is 11.1. The van der Waals surface area contributed by atoms with Crippen LogP contribution in [0.1, 0.15) is 33.1 Å². The fourth-order valence-electron chi connectivity index (χ4n) is 1.87. The van der Waals surface area contributed by atoms with E-state index in [9.17, 15) is 9.59 Å². The summed E-state index contributed by atoms with van der Waals surface area (Å²) in [4.78, 5) is 24.8. The predicted molar refractivity (Wildman–Crippen MR) is 65.0 cm³/mol. The van der Waals surface area contributed by atoms with Crippen molar-refractivity contribution in [2.75, 3.05) is 6.54 Å². The average Bonchev–Trinajstić information content (AvgIpc) is 2.25. The summed E-state index contributed by atoms with van der Waals surface area (Å²) in [6.07, 6.45) is 0.911. The summed E-state index contributed by atoms with van der Waals surface area (Å²) in [5.41, 5.74) is 8.10. The molecule has 18 heavy (non-hydrogen) atoms.